The Kier molecular flexibility index (Phi) is 3.25. The van der Waals surface area contributed by atoms with Crippen LogP contribution in [0.5, 0.6) is 0 Å². The molecule has 0 aliphatic carbocycles. The maximum atomic E-state index is 11.4. The standard InChI is InChI=1S/C9H13BrN2O/c1-6(2)12-7(3)11-5-8(12)9(13)4-10/h5-6H,4H2,1-3H3. The van der Waals surface area contributed by atoms with Gasteiger partial charge < -0.3 is 4.57 Å². The fourth-order valence-corrected chi connectivity index (χ4v) is 1.67. The number of hydrogen-bond donors (Lipinski definition) is 0. The molecule has 0 aliphatic heterocycles. The Balaban J connectivity index is 3.15. The first-order chi connectivity index (χ1) is 6.07. The fourth-order valence-electron chi connectivity index (χ4n) is 1.38. The van der Waals surface area contributed by atoms with Crippen molar-refractivity contribution >= 4 is 21.7 Å². The second-order valence-electron chi connectivity index (χ2n) is 3.21. The van der Waals surface area contributed by atoms with Crippen LogP contribution in [0.3, 0.4) is 0 Å². The number of rotatable bonds is 3. The number of carbonyl (C=O) groups excluding carboxylic acids is 1. The number of nitrogens with zero attached hydrogens (tertiary/aromatic N) is 2. The van der Waals surface area contributed by atoms with Crippen LogP contribution in [-0.2, 0) is 0 Å². The number of imidazole rings is 1. The Morgan fingerprint density at radius 3 is 2.77 bits per heavy atom. The van der Waals surface area contributed by atoms with E-state index in [1.165, 1.54) is 0 Å². The number of aryl methyl sites for hydroxylation is 1. The highest BCUT2D eigenvalue weighted by Crippen LogP contribution is 2.14. The number of ketones is 1. The van der Waals surface area contributed by atoms with Crippen molar-refractivity contribution in [3.8, 4) is 0 Å². The molecule has 1 rings (SSSR count). The van der Waals surface area contributed by atoms with Crippen molar-refractivity contribution < 1.29 is 4.79 Å². The molecule has 0 amide bonds. The zero-order chi connectivity index (χ0) is 10.0. The zero-order valence-corrected chi connectivity index (χ0v) is 9.63. The van der Waals surface area contributed by atoms with E-state index in [0.29, 0.717) is 11.0 Å². The minimum Gasteiger partial charge on any atom is -0.323 e. The first-order valence-electron chi connectivity index (χ1n) is 4.21. The summed E-state index contributed by atoms with van der Waals surface area (Å²) in [7, 11) is 0. The van der Waals surface area contributed by atoms with E-state index in [4.69, 9.17) is 0 Å². The van der Waals surface area contributed by atoms with Gasteiger partial charge in [-0.15, -0.1) is 0 Å². The van der Waals surface area contributed by atoms with Crippen LogP contribution in [0.2, 0.25) is 0 Å². The van der Waals surface area contributed by atoms with E-state index in [1.54, 1.807) is 6.20 Å². The summed E-state index contributed by atoms with van der Waals surface area (Å²) in [5.41, 5.74) is 0.685. The molecule has 0 aliphatic rings. The monoisotopic (exact) mass is 244 g/mol. The van der Waals surface area contributed by atoms with Crippen LogP contribution in [0.25, 0.3) is 0 Å². The Hall–Kier alpha value is -0.640. The lowest BCUT2D eigenvalue weighted by Crippen LogP contribution is -2.13. The maximum absolute atomic E-state index is 11.4. The van der Waals surface area contributed by atoms with Crippen molar-refractivity contribution in [2.45, 2.75) is 26.8 Å². The van der Waals surface area contributed by atoms with Gasteiger partial charge in [0, 0.05) is 6.04 Å². The van der Waals surface area contributed by atoms with Gasteiger partial charge >= 0.3 is 0 Å². The van der Waals surface area contributed by atoms with E-state index in [1.807, 2.05) is 25.3 Å². The molecule has 0 saturated carbocycles. The molecule has 0 radical (unpaired) electrons. The highest BCUT2D eigenvalue weighted by atomic mass is 79.9. The van der Waals surface area contributed by atoms with Crippen molar-refractivity contribution in [3.63, 3.8) is 0 Å². The first-order valence-corrected chi connectivity index (χ1v) is 5.33. The second kappa shape index (κ2) is 4.05. The number of aromatic nitrogens is 2. The Morgan fingerprint density at radius 1 is 1.69 bits per heavy atom. The number of halogens is 1. The van der Waals surface area contributed by atoms with Crippen molar-refractivity contribution in [1.29, 1.82) is 0 Å². The molecule has 0 unspecified atom stereocenters. The Morgan fingerprint density at radius 2 is 2.31 bits per heavy atom. The minimum absolute atomic E-state index is 0.0781. The van der Waals surface area contributed by atoms with Gasteiger partial charge in [-0.25, -0.2) is 4.98 Å². The average Bonchev–Trinajstić information content (AvgIpc) is 2.45. The van der Waals surface area contributed by atoms with Crippen molar-refractivity contribution in [3.05, 3.63) is 17.7 Å². The SMILES string of the molecule is Cc1ncc(C(=O)CBr)n1C(C)C. The molecule has 0 bridgehead atoms. The number of hydrogen-bond acceptors (Lipinski definition) is 2. The lowest BCUT2D eigenvalue weighted by atomic mass is 10.3. The van der Waals surface area contributed by atoms with Gasteiger partial charge in [0.15, 0.2) is 5.78 Å². The predicted octanol–water partition coefficient (Wildman–Crippen LogP) is 2.35. The second-order valence-corrected chi connectivity index (χ2v) is 3.77. The van der Waals surface area contributed by atoms with E-state index in [-0.39, 0.29) is 11.8 Å². The molecule has 0 spiro atoms. The van der Waals surface area contributed by atoms with E-state index in [2.05, 4.69) is 20.9 Å². The van der Waals surface area contributed by atoms with Crippen molar-refractivity contribution in [2.24, 2.45) is 0 Å². The van der Waals surface area contributed by atoms with Gasteiger partial charge in [0.1, 0.15) is 11.5 Å². The van der Waals surface area contributed by atoms with E-state index in [9.17, 15) is 4.79 Å². The smallest absolute Gasteiger partial charge is 0.191 e. The molecule has 0 N–H and O–H groups in total. The molecule has 0 aromatic carbocycles. The highest BCUT2D eigenvalue weighted by Gasteiger charge is 2.14. The molecule has 3 nitrogen and oxygen atoms in total. The fraction of sp³-hybridized carbons (Fsp3) is 0.556. The third-order valence-corrected chi connectivity index (χ3v) is 2.41. The van der Waals surface area contributed by atoms with Gasteiger partial charge in [0.2, 0.25) is 0 Å². The van der Waals surface area contributed by atoms with Crippen LogP contribution in [0.1, 0.15) is 36.2 Å². The molecule has 4 heteroatoms. The van der Waals surface area contributed by atoms with Crippen molar-refractivity contribution in [1.82, 2.24) is 9.55 Å². The minimum atomic E-state index is 0.0781. The van der Waals surface area contributed by atoms with Gasteiger partial charge in [-0.2, -0.15) is 0 Å². The molecule has 1 aromatic heterocycles. The van der Waals surface area contributed by atoms with Crippen LogP contribution in [0, 0.1) is 6.92 Å². The summed E-state index contributed by atoms with van der Waals surface area (Å²) >= 11 is 3.15. The van der Waals surface area contributed by atoms with Gasteiger partial charge in [-0.05, 0) is 20.8 Å². The summed E-state index contributed by atoms with van der Waals surface area (Å²) in [6.45, 7) is 5.99. The number of Topliss-reactive ketones (excluding diaryl/α,β-unsaturated/α-hetero) is 1. The van der Waals surface area contributed by atoms with E-state index < -0.39 is 0 Å². The normalized spacial score (nSPS) is 10.8. The van der Waals surface area contributed by atoms with E-state index >= 15 is 0 Å². The third kappa shape index (κ3) is 1.99. The number of alkyl halides is 1. The quantitative estimate of drug-likeness (QED) is 0.605. The van der Waals surface area contributed by atoms with Gasteiger partial charge in [0.05, 0.1) is 11.5 Å². The molecule has 1 aromatic rings. The summed E-state index contributed by atoms with van der Waals surface area (Å²) in [5, 5.41) is 0.352. The van der Waals surface area contributed by atoms with Gasteiger partial charge in [-0.3, -0.25) is 4.79 Å². The third-order valence-electron chi connectivity index (χ3n) is 1.91. The molecule has 0 atom stereocenters. The molecule has 13 heavy (non-hydrogen) atoms. The Labute approximate surface area is 86.3 Å². The van der Waals surface area contributed by atoms with Gasteiger partial charge in [-0.1, -0.05) is 15.9 Å². The number of carbonyl (C=O) groups is 1. The summed E-state index contributed by atoms with van der Waals surface area (Å²) < 4.78 is 1.95. The molecular weight excluding hydrogens is 232 g/mol. The van der Waals surface area contributed by atoms with Crippen LogP contribution < -0.4 is 0 Å². The lowest BCUT2D eigenvalue weighted by molar-refractivity contribution is 0.101. The molecule has 1 heterocycles. The molecule has 0 fully saturated rings. The maximum Gasteiger partial charge on any atom is 0.191 e. The average molecular weight is 245 g/mol. The topological polar surface area (TPSA) is 34.9 Å². The predicted molar refractivity (Wildman–Crippen MR) is 55.5 cm³/mol. The first kappa shape index (κ1) is 10.4. The zero-order valence-electron chi connectivity index (χ0n) is 8.04. The summed E-state index contributed by atoms with van der Waals surface area (Å²) in [6, 6.07) is 0.278. The van der Waals surface area contributed by atoms with Crippen LogP contribution in [0.4, 0.5) is 0 Å². The molecule has 0 saturated heterocycles. The van der Waals surface area contributed by atoms with Crippen LogP contribution in [0.15, 0.2) is 6.20 Å². The van der Waals surface area contributed by atoms with Gasteiger partial charge in [0.25, 0.3) is 0 Å². The van der Waals surface area contributed by atoms with Crippen LogP contribution >= 0.6 is 15.9 Å². The van der Waals surface area contributed by atoms with Crippen LogP contribution in [-0.4, -0.2) is 20.7 Å². The summed E-state index contributed by atoms with van der Waals surface area (Å²) in [5.74, 6) is 0.966. The lowest BCUT2D eigenvalue weighted by Gasteiger charge is -2.12. The largest absolute Gasteiger partial charge is 0.323 e. The molecule has 72 valence electrons. The van der Waals surface area contributed by atoms with E-state index in [0.717, 1.165) is 5.82 Å². The van der Waals surface area contributed by atoms with Crippen molar-refractivity contribution in [2.75, 3.05) is 5.33 Å². The summed E-state index contributed by atoms with van der Waals surface area (Å²) in [6.07, 6.45) is 1.64. The summed E-state index contributed by atoms with van der Waals surface area (Å²) in [4.78, 5) is 15.6. The molecular formula is C9H13BrN2O. The highest BCUT2D eigenvalue weighted by molar-refractivity contribution is 9.09. The Bertz CT molecular complexity index is 317.